The van der Waals surface area contributed by atoms with Gasteiger partial charge in [-0.2, -0.15) is 13.2 Å². The molecule has 0 spiro atoms. The van der Waals surface area contributed by atoms with Crippen LogP contribution in [0.2, 0.25) is 0 Å². The Hall–Kier alpha value is -1.80. The number of anilines is 1. The van der Waals surface area contributed by atoms with Gasteiger partial charge in [-0.15, -0.1) is 4.68 Å². The number of hydrogen-bond acceptors (Lipinski definition) is 4. The van der Waals surface area contributed by atoms with E-state index in [0.29, 0.717) is 0 Å². The van der Waals surface area contributed by atoms with Crippen LogP contribution in [0.5, 0.6) is 0 Å². The van der Waals surface area contributed by atoms with E-state index in [0.717, 1.165) is 6.07 Å². The molecule has 2 N–H and O–H groups in total. The molecule has 0 aliphatic carbocycles. The lowest BCUT2D eigenvalue weighted by molar-refractivity contribution is -0.393. The zero-order valence-electron chi connectivity index (χ0n) is 6.65. The number of hydrogen-bond donors (Lipinski definition) is 1. The van der Waals surface area contributed by atoms with Gasteiger partial charge < -0.3 is 15.8 Å². The number of alkyl halides is 3. The maximum Gasteiger partial charge on any atom is 0.428 e. The predicted octanol–water partition coefficient (Wildman–Crippen LogP) is 0.936. The van der Waals surface area contributed by atoms with Crippen molar-refractivity contribution < 1.29 is 18.1 Å². The molecule has 6 nitrogen and oxygen atoms in total. The molecule has 0 saturated carbocycles. The van der Waals surface area contributed by atoms with Gasteiger partial charge in [0.05, 0.1) is 6.07 Å². The van der Waals surface area contributed by atoms with Gasteiger partial charge in [-0.05, 0) is 4.92 Å². The molecule has 0 aliphatic heterocycles. The highest BCUT2D eigenvalue weighted by Crippen LogP contribution is 2.22. The van der Waals surface area contributed by atoms with Crippen LogP contribution in [-0.2, 0) is 6.54 Å². The molecule has 0 atom stereocenters. The van der Waals surface area contributed by atoms with Gasteiger partial charge in [0.2, 0.25) is 6.54 Å². The summed E-state index contributed by atoms with van der Waals surface area (Å²) in [6.07, 6.45) is -4.57. The summed E-state index contributed by atoms with van der Waals surface area (Å²) in [5.41, 5.74) is 5.03. The first kappa shape index (κ1) is 10.3. The summed E-state index contributed by atoms with van der Waals surface area (Å²) in [5, 5.41) is 13.4. The molecule has 1 rings (SSSR count). The lowest BCUT2D eigenvalue weighted by Gasteiger charge is -2.02. The first-order valence-electron chi connectivity index (χ1n) is 3.34. The maximum atomic E-state index is 11.9. The Morgan fingerprint density at radius 1 is 1.64 bits per heavy atom. The van der Waals surface area contributed by atoms with Gasteiger partial charge in [-0.25, -0.2) is 0 Å². The van der Waals surface area contributed by atoms with Crippen LogP contribution in [0.15, 0.2) is 6.07 Å². The molecule has 1 heterocycles. The second-order valence-electron chi connectivity index (χ2n) is 2.46. The number of nitrogens with zero attached hydrogens (tertiary/aromatic N) is 3. The minimum absolute atomic E-state index is 0.204. The molecule has 0 unspecified atom stereocenters. The van der Waals surface area contributed by atoms with Crippen LogP contribution in [0.25, 0.3) is 0 Å². The second kappa shape index (κ2) is 3.16. The summed E-state index contributed by atoms with van der Waals surface area (Å²) in [6, 6.07) is 0.770. The standard InChI is InChI=1S/C5H5F3N4O2/c6-5(7,8)2-11-4(12(13)14)1-3(9)10-11/h1H,2H2,(H2,9,10). The van der Waals surface area contributed by atoms with Crippen LogP contribution >= 0.6 is 0 Å². The molecule has 0 aliphatic rings. The molecule has 0 aromatic carbocycles. The average Bonchev–Trinajstić information content (AvgIpc) is 2.27. The van der Waals surface area contributed by atoms with Gasteiger partial charge >= 0.3 is 12.0 Å². The van der Waals surface area contributed by atoms with Crippen LogP contribution in [-0.4, -0.2) is 20.9 Å². The minimum atomic E-state index is -4.57. The summed E-state index contributed by atoms with van der Waals surface area (Å²) in [7, 11) is 0. The van der Waals surface area contributed by atoms with Crippen molar-refractivity contribution in [2.75, 3.05) is 5.73 Å². The third-order valence-corrected chi connectivity index (χ3v) is 1.29. The number of halogens is 3. The van der Waals surface area contributed by atoms with Gasteiger partial charge in [0, 0.05) is 0 Å². The SMILES string of the molecule is Nc1cc([N+](=O)[O-])n(CC(F)(F)F)n1. The number of nitro groups is 1. The van der Waals surface area contributed by atoms with E-state index in [1.807, 2.05) is 0 Å². The Labute approximate surface area is 75.3 Å². The van der Waals surface area contributed by atoms with Crippen LogP contribution < -0.4 is 5.73 Å². The number of nitrogens with two attached hydrogens (primary N) is 1. The van der Waals surface area contributed by atoms with Crippen molar-refractivity contribution in [1.29, 1.82) is 0 Å². The smallest absolute Gasteiger partial charge is 0.380 e. The van der Waals surface area contributed by atoms with Gasteiger partial charge in [0.25, 0.3) is 0 Å². The Morgan fingerprint density at radius 2 is 2.21 bits per heavy atom. The lowest BCUT2D eigenvalue weighted by Crippen LogP contribution is -2.19. The molecule has 0 amide bonds. The van der Waals surface area contributed by atoms with E-state index in [4.69, 9.17) is 5.73 Å². The van der Waals surface area contributed by atoms with E-state index in [1.54, 1.807) is 0 Å². The fourth-order valence-electron chi connectivity index (χ4n) is 0.859. The molecule has 78 valence electrons. The second-order valence-corrected chi connectivity index (χ2v) is 2.46. The van der Waals surface area contributed by atoms with Gasteiger partial charge in [-0.3, -0.25) is 0 Å². The van der Waals surface area contributed by atoms with Crippen LogP contribution in [0.1, 0.15) is 0 Å². The third-order valence-electron chi connectivity index (χ3n) is 1.29. The van der Waals surface area contributed by atoms with Gasteiger partial charge in [0.1, 0.15) is 0 Å². The molecule has 1 aromatic rings. The molecule has 14 heavy (non-hydrogen) atoms. The fraction of sp³-hybridized carbons (Fsp3) is 0.400. The van der Waals surface area contributed by atoms with Gasteiger partial charge in [0.15, 0.2) is 5.82 Å². The summed E-state index contributed by atoms with van der Waals surface area (Å²) in [6.45, 7) is -1.53. The highest BCUT2D eigenvalue weighted by molar-refractivity contribution is 5.37. The summed E-state index contributed by atoms with van der Waals surface area (Å²) in [4.78, 5) is 9.27. The van der Waals surface area contributed by atoms with Crippen LogP contribution in [0, 0.1) is 10.1 Å². The van der Waals surface area contributed by atoms with Crippen molar-refractivity contribution in [3.63, 3.8) is 0 Å². The molecular formula is C5H5F3N4O2. The van der Waals surface area contributed by atoms with E-state index in [1.165, 1.54) is 0 Å². The monoisotopic (exact) mass is 210 g/mol. The lowest BCUT2D eigenvalue weighted by atomic mass is 10.5. The van der Waals surface area contributed by atoms with E-state index in [-0.39, 0.29) is 10.5 Å². The van der Waals surface area contributed by atoms with E-state index < -0.39 is 23.5 Å². The molecule has 0 fully saturated rings. The molecule has 0 saturated heterocycles. The third kappa shape index (κ3) is 2.34. The number of nitrogen functional groups attached to an aromatic ring is 1. The largest absolute Gasteiger partial charge is 0.428 e. The molecular weight excluding hydrogens is 205 g/mol. The first-order chi connectivity index (χ1) is 6.29. The van der Waals surface area contributed by atoms with Crippen molar-refractivity contribution >= 4 is 11.6 Å². The molecule has 0 radical (unpaired) electrons. The normalized spacial score (nSPS) is 11.6. The molecule has 9 heteroatoms. The summed E-state index contributed by atoms with van der Waals surface area (Å²) >= 11 is 0. The first-order valence-corrected chi connectivity index (χ1v) is 3.34. The zero-order chi connectivity index (χ0) is 10.9. The number of rotatable bonds is 2. The maximum absolute atomic E-state index is 11.9. The fourth-order valence-corrected chi connectivity index (χ4v) is 0.859. The summed E-state index contributed by atoms with van der Waals surface area (Å²) < 4.78 is 35.8. The van der Waals surface area contributed by atoms with Crippen molar-refractivity contribution in [2.45, 2.75) is 12.7 Å². The van der Waals surface area contributed by atoms with Crippen molar-refractivity contribution in [1.82, 2.24) is 9.78 Å². The Kier molecular flexibility index (Phi) is 2.32. The molecule has 1 aromatic heterocycles. The van der Waals surface area contributed by atoms with E-state index >= 15 is 0 Å². The van der Waals surface area contributed by atoms with E-state index in [2.05, 4.69) is 5.10 Å². The van der Waals surface area contributed by atoms with Crippen LogP contribution in [0.4, 0.5) is 24.8 Å². The Bertz CT molecular complexity index is 358. The summed E-state index contributed by atoms with van der Waals surface area (Å²) in [5.74, 6) is -1.10. The Morgan fingerprint density at radius 3 is 2.64 bits per heavy atom. The minimum Gasteiger partial charge on any atom is -0.380 e. The average molecular weight is 210 g/mol. The molecule has 0 bridgehead atoms. The predicted molar refractivity (Wildman–Crippen MR) is 39.3 cm³/mol. The number of aromatic nitrogens is 2. The van der Waals surface area contributed by atoms with Crippen molar-refractivity contribution in [3.05, 3.63) is 16.2 Å². The van der Waals surface area contributed by atoms with Crippen molar-refractivity contribution in [3.8, 4) is 0 Å². The topological polar surface area (TPSA) is 87.0 Å². The quantitative estimate of drug-likeness (QED) is 0.581. The highest BCUT2D eigenvalue weighted by atomic mass is 19.4. The zero-order valence-corrected chi connectivity index (χ0v) is 6.65. The Balaban J connectivity index is 3.02. The van der Waals surface area contributed by atoms with E-state index in [9.17, 15) is 23.3 Å². The highest BCUT2D eigenvalue weighted by Gasteiger charge is 2.34. The van der Waals surface area contributed by atoms with Gasteiger partial charge in [-0.1, -0.05) is 5.10 Å². The van der Waals surface area contributed by atoms with Crippen LogP contribution in [0.3, 0.4) is 0 Å². The van der Waals surface area contributed by atoms with Crippen molar-refractivity contribution in [2.24, 2.45) is 0 Å².